The van der Waals surface area contributed by atoms with E-state index in [0.717, 1.165) is 35.1 Å². The van der Waals surface area contributed by atoms with E-state index in [9.17, 15) is 15.0 Å². The molecule has 0 bridgehead atoms. The van der Waals surface area contributed by atoms with Crippen LogP contribution in [0.1, 0.15) is 47.9 Å². The Bertz CT molecular complexity index is 1160. The molecule has 0 aliphatic carbocycles. The Hall–Kier alpha value is -4.25. The van der Waals surface area contributed by atoms with Crippen LogP contribution < -0.4 is 9.47 Å². The molecule has 0 fully saturated rings. The third-order valence-corrected chi connectivity index (χ3v) is 6.26. The van der Waals surface area contributed by atoms with E-state index in [1.165, 1.54) is 0 Å². The SMILES string of the molecule is CC(Cc1ccc(O)cc1)c1ccc(OC(=O)Oc2ccc(C(C)Cc3ccc(O)cc3)cc2)cc1. The quantitative estimate of drug-likeness (QED) is 0.203. The van der Waals surface area contributed by atoms with Crippen molar-refractivity contribution in [1.82, 2.24) is 0 Å². The zero-order chi connectivity index (χ0) is 25.5. The number of ether oxygens (including phenoxy) is 2. The molecule has 0 aliphatic heterocycles. The van der Waals surface area contributed by atoms with Crippen LogP contribution in [-0.2, 0) is 12.8 Å². The van der Waals surface area contributed by atoms with E-state index in [2.05, 4.69) is 13.8 Å². The molecule has 36 heavy (non-hydrogen) atoms. The van der Waals surface area contributed by atoms with Gasteiger partial charge in [-0.3, -0.25) is 0 Å². The number of benzene rings is 4. The first-order valence-corrected chi connectivity index (χ1v) is 12.0. The first kappa shape index (κ1) is 24.9. The molecule has 0 spiro atoms. The highest BCUT2D eigenvalue weighted by Gasteiger charge is 2.12. The van der Waals surface area contributed by atoms with Crippen molar-refractivity contribution in [3.05, 3.63) is 119 Å². The summed E-state index contributed by atoms with van der Waals surface area (Å²) in [4.78, 5) is 12.3. The Labute approximate surface area is 211 Å². The van der Waals surface area contributed by atoms with Crippen molar-refractivity contribution in [1.29, 1.82) is 0 Å². The second kappa shape index (κ2) is 11.5. The lowest BCUT2D eigenvalue weighted by Gasteiger charge is -2.14. The second-order valence-corrected chi connectivity index (χ2v) is 9.14. The van der Waals surface area contributed by atoms with Gasteiger partial charge in [0.25, 0.3) is 0 Å². The van der Waals surface area contributed by atoms with Gasteiger partial charge in [0, 0.05) is 0 Å². The van der Waals surface area contributed by atoms with E-state index in [0.29, 0.717) is 11.5 Å². The number of hydrogen-bond donors (Lipinski definition) is 2. The summed E-state index contributed by atoms with van der Waals surface area (Å²) in [6.07, 6.45) is 0.891. The molecule has 5 nitrogen and oxygen atoms in total. The van der Waals surface area contributed by atoms with Crippen molar-refractivity contribution in [2.24, 2.45) is 0 Å². The lowest BCUT2D eigenvalue weighted by atomic mass is 9.94. The lowest BCUT2D eigenvalue weighted by Crippen LogP contribution is -2.13. The van der Waals surface area contributed by atoms with Crippen LogP contribution in [-0.4, -0.2) is 16.4 Å². The van der Waals surface area contributed by atoms with Gasteiger partial charge in [-0.1, -0.05) is 62.4 Å². The molecule has 2 unspecified atom stereocenters. The van der Waals surface area contributed by atoms with Gasteiger partial charge in [-0.2, -0.15) is 0 Å². The molecule has 0 saturated carbocycles. The van der Waals surface area contributed by atoms with E-state index in [1.807, 2.05) is 48.5 Å². The number of carbonyl (C=O) groups excluding carboxylic acids is 1. The van der Waals surface area contributed by atoms with Crippen molar-refractivity contribution in [3.8, 4) is 23.0 Å². The predicted molar refractivity (Wildman–Crippen MR) is 140 cm³/mol. The molecule has 0 aliphatic rings. The van der Waals surface area contributed by atoms with Crippen LogP contribution in [0.2, 0.25) is 0 Å². The summed E-state index contributed by atoms with van der Waals surface area (Å²) in [5, 5.41) is 18.9. The van der Waals surface area contributed by atoms with E-state index in [1.54, 1.807) is 48.5 Å². The maximum Gasteiger partial charge on any atom is 0.519 e. The van der Waals surface area contributed by atoms with Crippen molar-refractivity contribution < 1.29 is 24.5 Å². The fourth-order valence-electron chi connectivity index (χ4n) is 4.15. The fourth-order valence-corrected chi connectivity index (χ4v) is 4.15. The molecule has 0 amide bonds. The van der Waals surface area contributed by atoms with Crippen LogP contribution in [0.15, 0.2) is 97.1 Å². The average molecular weight is 483 g/mol. The molecule has 2 atom stereocenters. The molecule has 0 aromatic heterocycles. The fraction of sp³-hybridized carbons (Fsp3) is 0.194. The molecule has 4 aromatic carbocycles. The standard InChI is InChI=1S/C31H30O5/c1-21(19-23-3-11-27(32)12-4-23)25-7-15-29(16-8-25)35-31(34)36-30-17-9-26(10-18-30)22(2)20-24-5-13-28(33)14-6-24/h3-18,21-22,32-33H,19-20H2,1-2H3. The maximum atomic E-state index is 12.3. The lowest BCUT2D eigenvalue weighted by molar-refractivity contribution is 0.152. The van der Waals surface area contributed by atoms with Crippen molar-refractivity contribution >= 4 is 6.16 Å². The summed E-state index contributed by atoms with van der Waals surface area (Å²) in [7, 11) is 0. The molecule has 5 heteroatoms. The topological polar surface area (TPSA) is 76.0 Å². The Morgan fingerprint density at radius 3 is 1.25 bits per heavy atom. The van der Waals surface area contributed by atoms with Gasteiger partial charge in [0.1, 0.15) is 23.0 Å². The zero-order valence-electron chi connectivity index (χ0n) is 20.4. The second-order valence-electron chi connectivity index (χ2n) is 9.14. The summed E-state index contributed by atoms with van der Waals surface area (Å²) < 4.78 is 10.7. The number of rotatable bonds is 8. The molecular weight excluding hydrogens is 452 g/mol. The van der Waals surface area contributed by atoms with Gasteiger partial charge >= 0.3 is 6.16 Å². The van der Waals surface area contributed by atoms with Gasteiger partial charge in [-0.15, -0.1) is 0 Å². The smallest absolute Gasteiger partial charge is 0.508 e. The number of aromatic hydroxyl groups is 2. The third kappa shape index (κ3) is 6.89. The first-order valence-electron chi connectivity index (χ1n) is 12.0. The summed E-state index contributed by atoms with van der Waals surface area (Å²) in [5.41, 5.74) is 4.54. The first-order chi connectivity index (χ1) is 17.4. The maximum absolute atomic E-state index is 12.3. The number of phenolic OH excluding ortho intramolecular Hbond substituents is 2. The molecule has 184 valence electrons. The van der Waals surface area contributed by atoms with Crippen LogP contribution in [0, 0.1) is 0 Å². The summed E-state index contributed by atoms with van der Waals surface area (Å²) in [5.74, 6) is 1.89. The van der Waals surface area contributed by atoms with E-state index in [-0.39, 0.29) is 23.3 Å². The summed E-state index contributed by atoms with van der Waals surface area (Å²) in [6, 6.07) is 29.3. The largest absolute Gasteiger partial charge is 0.519 e. The Kier molecular flexibility index (Phi) is 7.91. The van der Waals surface area contributed by atoms with Crippen molar-refractivity contribution in [2.45, 2.75) is 38.5 Å². The van der Waals surface area contributed by atoms with E-state index in [4.69, 9.17) is 9.47 Å². The average Bonchev–Trinajstić information content (AvgIpc) is 2.87. The Balaban J connectivity index is 1.28. The minimum Gasteiger partial charge on any atom is -0.508 e. The van der Waals surface area contributed by atoms with Gasteiger partial charge < -0.3 is 19.7 Å². The van der Waals surface area contributed by atoms with Crippen LogP contribution in [0.4, 0.5) is 4.79 Å². The molecule has 4 aromatic rings. The van der Waals surface area contributed by atoms with Crippen molar-refractivity contribution in [3.63, 3.8) is 0 Å². The predicted octanol–water partition coefficient (Wildman–Crippen LogP) is 7.37. The van der Waals surface area contributed by atoms with Gasteiger partial charge in [-0.25, -0.2) is 4.79 Å². The number of hydrogen-bond acceptors (Lipinski definition) is 5. The molecule has 0 radical (unpaired) electrons. The van der Waals surface area contributed by atoms with E-state index >= 15 is 0 Å². The van der Waals surface area contributed by atoms with Crippen LogP contribution in [0.3, 0.4) is 0 Å². The van der Waals surface area contributed by atoms with Gasteiger partial charge in [0.05, 0.1) is 0 Å². The number of phenols is 2. The summed E-state index contributed by atoms with van der Waals surface area (Å²) >= 11 is 0. The Morgan fingerprint density at radius 1 is 0.583 bits per heavy atom. The van der Waals surface area contributed by atoms with Gasteiger partial charge in [0.2, 0.25) is 0 Å². The molecule has 4 rings (SSSR count). The van der Waals surface area contributed by atoms with Gasteiger partial charge in [-0.05, 0) is 95.5 Å². The number of carbonyl (C=O) groups is 1. The normalized spacial score (nSPS) is 12.5. The minimum atomic E-state index is -0.787. The minimum absolute atomic E-state index is 0.260. The van der Waals surface area contributed by atoms with Crippen molar-refractivity contribution in [2.75, 3.05) is 0 Å². The van der Waals surface area contributed by atoms with Gasteiger partial charge in [0.15, 0.2) is 0 Å². The highest BCUT2D eigenvalue weighted by atomic mass is 16.7. The zero-order valence-corrected chi connectivity index (χ0v) is 20.4. The van der Waals surface area contributed by atoms with Crippen LogP contribution >= 0.6 is 0 Å². The molecular formula is C31H30O5. The van der Waals surface area contributed by atoms with Crippen LogP contribution in [0.25, 0.3) is 0 Å². The monoisotopic (exact) mass is 482 g/mol. The molecule has 0 saturated heterocycles. The molecule has 2 N–H and O–H groups in total. The molecule has 0 heterocycles. The highest BCUT2D eigenvalue weighted by molar-refractivity contribution is 5.67. The van der Waals surface area contributed by atoms with E-state index < -0.39 is 6.16 Å². The summed E-state index contributed by atoms with van der Waals surface area (Å²) in [6.45, 7) is 4.26. The highest BCUT2D eigenvalue weighted by Crippen LogP contribution is 2.26. The third-order valence-electron chi connectivity index (χ3n) is 6.26. The van der Waals surface area contributed by atoms with Crippen LogP contribution in [0.5, 0.6) is 23.0 Å². The Morgan fingerprint density at radius 2 is 0.917 bits per heavy atom.